The molecule has 1 fully saturated rings. The van der Waals surface area contributed by atoms with Gasteiger partial charge in [-0.05, 0) is 42.4 Å². The van der Waals surface area contributed by atoms with Crippen LogP contribution in [0.3, 0.4) is 0 Å². The van der Waals surface area contributed by atoms with Gasteiger partial charge in [0.05, 0.1) is 21.3 Å². The van der Waals surface area contributed by atoms with E-state index in [2.05, 4.69) is 0 Å². The zero-order chi connectivity index (χ0) is 13.2. The number of ether oxygens (including phenoxy) is 3. The lowest BCUT2D eigenvalue weighted by atomic mass is 9.97. The zero-order valence-corrected chi connectivity index (χ0v) is 11.2. The van der Waals surface area contributed by atoms with Gasteiger partial charge in [0.15, 0.2) is 11.5 Å². The molecule has 0 heterocycles. The van der Waals surface area contributed by atoms with E-state index in [0.717, 1.165) is 24.8 Å². The standard InChI is InChI=1S/C14H20O4/c1-16-11-6-10(8-14(9-15)4-5-14)7-12(17-2)13(11)18-3/h6-7,15H,4-5,8-9H2,1-3H3. The molecule has 1 aliphatic rings. The number of hydrogen-bond acceptors (Lipinski definition) is 4. The van der Waals surface area contributed by atoms with Crippen LogP contribution in [-0.4, -0.2) is 33.0 Å². The average molecular weight is 252 g/mol. The third-order valence-corrected chi connectivity index (χ3v) is 3.60. The van der Waals surface area contributed by atoms with Gasteiger partial charge in [0.25, 0.3) is 0 Å². The topological polar surface area (TPSA) is 47.9 Å². The lowest BCUT2D eigenvalue weighted by Crippen LogP contribution is -2.10. The monoisotopic (exact) mass is 252 g/mol. The summed E-state index contributed by atoms with van der Waals surface area (Å²) in [5.41, 5.74) is 1.18. The minimum atomic E-state index is 0.0740. The first-order valence-electron chi connectivity index (χ1n) is 6.08. The van der Waals surface area contributed by atoms with Crippen molar-refractivity contribution < 1.29 is 19.3 Å². The zero-order valence-electron chi connectivity index (χ0n) is 11.2. The van der Waals surface area contributed by atoms with Crippen LogP contribution in [0.5, 0.6) is 17.2 Å². The summed E-state index contributed by atoms with van der Waals surface area (Å²) in [4.78, 5) is 0. The van der Waals surface area contributed by atoms with Gasteiger partial charge in [-0.15, -0.1) is 0 Å². The highest BCUT2D eigenvalue weighted by atomic mass is 16.5. The summed E-state index contributed by atoms with van der Waals surface area (Å²) in [5, 5.41) is 9.38. The Labute approximate surface area is 107 Å². The fourth-order valence-corrected chi connectivity index (χ4v) is 2.24. The van der Waals surface area contributed by atoms with E-state index < -0.39 is 0 Å². The van der Waals surface area contributed by atoms with Crippen LogP contribution in [0.1, 0.15) is 18.4 Å². The second-order valence-corrected chi connectivity index (χ2v) is 4.87. The second-order valence-electron chi connectivity index (χ2n) is 4.87. The van der Waals surface area contributed by atoms with Gasteiger partial charge < -0.3 is 19.3 Å². The Morgan fingerprint density at radius 2 is 1.61 bits per heavy atom. The van der Waals surface area contributed by atoms with Gasteiger partial charge in [-0.25, -0.2) is 0 Å². The number of rotatable bonds is 6. The van der Waals surface area contributed by atoms with Gasteiger partial charge in [0, 0.05) is 6.61 Å². The maximum absolute atomic E-state index is 9.38. The van der Waals surface area contributed by atoms with Gasteiger partial charge >= 0.3 is 0 Å². The lowest BCUT2D eigenvalue weighted by Gasteiger charge is -2.16. The molecule has 1 aromatic rings. The summed E-state index contributed by atoms with van der Waals surface area (Å²) in [6.07, 6.45) is 3.01. The molecule has 100 valence electrons. The first-order valence-corrected chi connectivity index (χ1v) is 6.08. The molecule has 1 N–H and O–H groups in total. The van der Waals surface area contributed by atoms with Crippen LogP contribution in [0.25, 0.3) is 0 Å². The van der Waals surface area contributed by atoms with Crippen molar-refractivity contribution in [3.8, 4) is 17.2 Å². The van der Waals surface area contributed by atoms with Crippen molar-refractivity contribution in [3.63, 3.8) is 0 Å². The molecule has 0 bridgehead atoms. The third kappa shape index (κ3) is 2.38. The minimum absolute atomic E-state index is 0.0740. The quantitative estimate of drug-likeness (QED) is 0.841. The molecule has 0 saturated heterocycles. The summed E-state index contributed by atoms with van der Waals surface area (Å²) in [7, 11) is 4.82. The molecule has 0 atom stereocenters. The summed E-state index contributed by atoms with van der Waals surface area (Å²) < 4.78 is 15.9. The Kier molecular flexibility index (Phi) is 3.66. The number of methoxy groups -OCH3 is 3. The smallest absolute Gasteiger partial charge is 0.203 e. The first kappa shape index (κ1) is 13.0. The molecule has 4 heteroatoms. The summed E-state index contributed by atoms with van der Waals surface area (Å²) in [5.74, 6) is 1.94. The highest BCUT2D eigenvalue weighted by Crippen LogP contribution is 2.49. The molecule has 1 saturated carbocycles. The van der Waals surface area contributed by atoms with E-state index in [1.165, 1.54) is 0 Å². The van der Waals surface area contributed by atoms with Crippen molar-refractivity contribution in [1.29, 1.82) is 0 Å². The third-order valence-electron chi connectivity index (χ3n) is 3.60. The summed E-state index contributed by atoms with van der Waals surface area (Å²) >= 11 is 0. The van der Waals surface area contributed by atoms with E-state index in [9.17, 15) is 5.11 Å². The molecule has 0 unspecified atom stereocenters. The molecular formula is C14H20O4. The van der Waals surface area contributed by atoms with Crippen LogP contribution >= 0.6 is 0 Å². The maximum Gasteiger partial charge on any atom is 0.203 e. The predicted molar refractivity (Wildman–Crippen MR) is 68.6 cm³/mol. The number of aliphatic hydroxyl groups is 1. The molecule has 0 radical (unpaired) electrons. The van der Waals surface area contributed by atoms with Gasteiger partial charge in [0.2, 0.25) is 5.75 Å². The van der Waals surface area contributed by atoms with E-state index in [0.29, 0.717) is 17.2 Å². The first-order chi connectivity index (χ1) is 8.68. The van der Waals surface area contributed by atoms with Crippen LogP contribution < -0.4 is 14.2 Å². The van der Waals surface area contributed by atoms with Gasteiger partial charge in [-0.2, -0.15) is 0 Å². The van der Waals surface area contributed by atoms with Crippen LogP contribution in [0.2, 0.25) is 0 Å². The van der Waals surface area contributed by atoms with E-state index in [-0.39, 0.29) is 12.0 Å². The Balaban J connectivity index is 2.31. The molecular weight excluding hydrogens is 232 g/mol. The molecule has 0 amide bonds. The molecule has 1 aromatic carbocycles. The molecule has 0 aliphatic heterocycles. The summed E-state index contributed by atoms with van der Waals surface area (Å²) in [6, 6.07) is 3.91. The van der Waals surface area contributed by atoms with Gasteiger partial charge in [-0.3, -0.25) is 0 Å². The van der Waals surface area contributed by atoms with Crippen molar-refractivity contribution in [3.05, 3.63) is 17.7 Å². The van der Waals surface area contributed by atoms with Gasteiger partial charge in [-0.1, -0.05) is 0 Å². The van der Waals surface area contributed by atoms with E-state index in [1.54, 1.807) is 21.3 Å². The van der Waals surface area contributed by atoms with Crippen LogP contribution in [0, 0.1) is 5.41 Å². The molecule has 4 nitrogen and oxygen atoms in total. The Morgan fingerprint density at radius 1 is 1.06 bits per heavy atom. The van der Waals surface area contributed by atoms with Crippen molar-refractivity contribution >= 4 is 0 Å². The Morgan fingerprint density at radius 3 is 1.94 bits per heavy atom. The van der Waals surface area contributed by atoms with E-state index >= 15 is 0 Å². The highest BCUT2D eigenvalue weighted by Gasteiger charge is 2.42. The van der Waals surface area contributed by atoms with Crippen molar-refractivity contribution in [1.82, 2.24) is 0 Å². The molecule has 18 heavy (non-hydrogen) atoms. The normalized spacial score (nSPS) is 16.2. The molecule has 1 aliphatic carbocycles. The number of aliphatic hydroxyl groups excluding tert-OH is 1. The largest absolute Gasteiger partial charge is 0.493 e. The lowest BCUT2D eigenvalue weighted by molar-refractivity contribution is 0.211. The van der Waals surface area contributed by atoms with Crippen molar-refractivity contribution in [2.24, 2.45) is 5.41 Å². The summed E-state index contributed by atoms with van der Waals surface area (Å²) in [6.45, 7) is 0.240. The average Bonchev–Trinajstić information content (AvgIpc) is 3.17. The number of benzene rings is 1. The van der Waals surface area contributed by atoms with Crippen molar-refractivity contribution in [2.45, 2.75) is 19.3 Å². The Bertz CT molecular complexity index is 399. The fourth-order valence-electron chi connectivity index (χ4n) is 2.24. The predicted octanol–water partition coefficient (Wildman–Crippen LogP) is 2.03. The van der Waals surface area contributed by atoms with Crippen molar-refractivity contribution in [2.75, 3.05) is 27.9 Å². The second kappa shape index (κ2) is 5.06. The molecule has 0 spiro atoms. The van der Waals surface area contributed by atoms with E-state index in [1.807, 2.05) is 12.1 Å². The van der Waals surface area contributed by atoms with Gasteiger partial charge in [0.1, 0.15) is 0 Å². The SMILES string of the molecule is COc1cc(CC2(CO)CC2)cc(OC)c1OC. The highest BCUT2D eigenvalue weighted by molar-refractivity contribution is 5.54. The van der Waals surface area contributed by atoms with Crippen LogP contribution in [-0.2, 0) is 6.42 Å². The minimum Gasteiger partial charge on any atom is -0.493 e. The van der Waals surface area contributed by atoms with Crippen LogP contribution in [0.15, 0.2) is 12.1 Å². The molecule has 2 rings (SSSR count). The Hall–Kier alpha value is -1.42. The fraction of sp³-hybridized carbons (Fsp3) is 0.571. The van der Waals surface area contributed by atoms with E-state index in [4.69, 9.17) is 14.2 Å². The maximum atomic E-state index is 9.38. The molecule has 0 aromatic heterocycles. The van der Waals surface area contributed by atoms with Crippen LogP contribution in [0.4, 0.5) is 0 Å². The number of hydrogen-bond donors (Lipinski definition) is 1.